The second-order valence-electron chi connectivity index (χ2n) is 10.5. The lowest BCUT2D eigenvalue weighted by Crippen LogP contribution is -2.39. The number of aromatic nitrogens is 4. The standard InChI is InChI=1S/C32H29Cl2N5O4/c1-19-27(16-39-18-37-29(33)30(39)34)42-32(43-28(19)22-10-8-21(17-40)9-11-22)23-12-6-20(7-13-23)14-36-31(41)26-15-35-24-4-2-3-5-25(24)38-26/h2-13,15,18-19,27-28,32,40H,14,16-17H2,1H3,(H,36,41)/t19-,27+,28+,32+/m1/s1. The van der Waals surface area contributed by atoms with E-state index in [0.717, 1.165) is 27.8 Å². The number of halogens is 2. The number of imidazole rings is 1. The second-order valence-corrected chi connectivity index (χ2v) is 11.2. The van der Waals surface area contributed by atoms with Crippen LogP contribution >= 0.6 is 23.2 Å². The van der Waals surface area contributed by atoms with Gasteiger partial charge in [-0.3, -0.25) is 9.78 Å². The van der Waals surface area contributed by atoms with Gasteiger partial charge >= 0.3 is 0 Å². The van der Waals surface area contributed by atoms with Crippen molar-refractivity contribution in [3.63, 3.8) is 0 Å². The minimum Gasteiger partial charge on any atom is -0.392 e. The summed E-state index contributed by atoms with van der Waals surface area (Å²) in [6.45, 7) is 2.80. The molecule has 220 valence electrons. The van der Waals surface area contributed by atoms with Gasteiger partial charge in [0.2, 0.25) is 0 Å². The van der Waals surface area contributed by atoms with Crippen molar-refractivity contribution in [3.8, 4) is 0 Å². The fourth-order valence-corrected chi connectivity index (χ4v) is 5.44. The molecule has 6 rings (SSSR count). The first-order chi connectivity index (χ1) is 20.9. The lowest BCUT2D eigenvalue weighted by molar-refractivity contribution is -0.276. The molecule has 1 aliphatic rings. The Kier molecular flexibility index (Phi) is 8.69. The fraction of sp³-hybridized carbons (Fsp3) is 0.250. The number of fused-ring (bicyclic) bond motifs is 1. The molecule has 0 spiro atoms. The highest BCUT2D eigenvalue weighted by molar-refractivity contribution is 6.40. The maximum absolute atomic E-state index is 12.7. The number of nitrogens with zero attached hydrogens (tertiary/aromatic N) is 4. The van der Waals surface area contributed by atoms with Crippen LogP contribution < -0.4 is 5.32 Å². The summed E-state index contributed by atoms with van der Waals surface area (Å²) < 4.78 is 14.8. The summed E-state index contributed by atoms with van der Waals surface area (Å²) in [5, 5.41) is 13.0. The molecule has 0 radical (unpaired) electrons. The lowest BCUT2D eigenvalue weighted by Gasteiger charge is -2.41. The molecule has 43 heavy (non-hydrogen) atoms. The van der Waals surface area contributed by atoms with Gasteiger partial charge in [0.25, 0.3) is 5.91 Å². The van der Waals surface area contributed by atoms with Crippen LogP contribution in [0.25, 0.3) is 11.0 Å². The van der Waals surface area contributed by atoms with Gasteiger partial charge in [-0.05, 0) is 28.8 Å². The van der Waals surface area contributed by atoms with Gasteiger partial charge in [0.05, 0.1) is 48.9 Å². The van der Waals surface area contributed by atoms with E-state index in [1.54, 1.807) is 10.9 Å². The van der Waals surface area contributed by atoms with Crippen molar-refractivity contribution >= 4 is 40.1 Å². The zero-order valence-corrected chi connectivity index (χ0v) is 24.7. The first-order valence-electron chi connectivity index (χ1n) is 13.8. The predicted molar refractivity (Wildman–Crippen MR) is 162 cm³/mol. The maximum Gasteiger partial charge on any atom is 0.271 e. The summed E-state index contributed by atoms with van der Waals surface area (Å²) >= 11 is 12.5. The average Bonchev–Trinajstić information content (AvgIpc) is 3.36. The Bertz CT molecular complexity index is 1730. The molecule has 1 saturated heterocycles. The van der Waals surface area contributed by atoms with Gasteiger partial charge in [0.15, 0.2) is 11.4 Å². The molecule has 2 aromatic heterocycles. The Balaban J connectivity index is 1.18. The van der Waals surface area contributed by atoms with Crippen LogP contribution in [0.2, 0.25) is 10.3 Å². The summed E-state index contributed by atoms with van der Waals surface area (Å²) in [5.74, 6) is -0.340. The maximum atomic E-state index is 12.7. The molecule has 3 heterocycles. The SMILES string of the molecule is C[C@@H]1[C@H](Cn2cnc(Cl)c2Cl)O[C@H](c2ccc(CNC(=O)c3cnc4ccccc4n3)cc2)O[C@@H]1c1ccc(CO)cc1. The second kappa shape index (κ2) is 12.8. The largest absolute Gasteiger partial charge is 0.392 e. The number of amides is 1. The Morgan fingerprint density at radius 1 is 0.930 bits per heavy atom. The highest BCUT2D eigenvalue weighted by Gasteiger charge is 2.38. The minimum absolute atomic E-state index is 0.0297. The Hall–Kier alpha value is -3.86. The zero-order chi connectivity index (χ0) is 29.9. The van der Waals surface area contributed by atoms with Crippen LogP contribution in [-0.2, 0) is 29.2 Å². The number of ether oxygens (including phenoxy) is 2. The van der Waals surface area contributed by atoms with Crippen LogP contribution in [0.1, 0.15) is 52.1 Å². The third kappa shape index (κ3) is 6.41. The molecule has 0 aliphatic carbocycles. The molecule has 1 fully saturated rings. The Morgan fingerprint density at radius 3 is 2.33 bits per heavy atom. The number of rotatable bonds is 8. The molecule has 1 aliphatic heterocycles. The lowest BCUT2D eigenvalue weighted by atomic mass is 9.90. The number of hydrogen-bond acceptors (Lipinski definition) is 7. The number of aliphatic hydroxyl groups excluding tert-OH is 1. The minimum atomic E-state index is -0.655. The summed E-state index contributed by atoms with van der Waals surface area (Å²) in [6.07, 6.45) is 1.87. The van der Waals surface area contributed by atoms with Crippen LogP contribution in [0.4, 0.5) is 0 Å². The molecule has 11 heteroatoms. The Morgan fingerprint density at radius 2 is 1.63 bits per heavy atom. The summed E-state index contributed by atoms with van der Waals surface area (Å²) in [5.41, 5.74) is 5.21. The molecule has 9 nitrogen and oxygen atoms in total. The normalized spacial score (nSPS) is 20.3. The van der Waals surface area contributed by atoms with Crippen molar-refractivity contribution in [1.82, 2.24) is 24.8 Å². The smallest absolute Gasteiger partial charge is 0.271 e. The number of carbonyl (C=O) groups excluding carboxylic acids is 1. The van der Waals surface area contributed by atoms with Crippen molar-refractivity contribution < 1.29 is 19.4 Å². The van der Waals surface area contributed by atoms with Gasteiger partial charge in [0.1, 0.15) is 10.8 Å². The van der Waals surface area contributed by atoms with Crippen molar-refractivity contribution in [2.24, 2.45) is 5.92 Å². The Labute approximate surface area is 258 Å². The quantitative estimate of drug-likeness (QED) is 0.218. The van der Waals surface area contributed by atoms with E-state index in [2.05, 4.69) is 27.2 Å². The van der Waals surface area contributed by atoms with E-state index < -0.39 is 6.29 Å². The topological polar surface area (TPSA) is 111 Å². The molecular weight excluding hydrogens is 589 g/mol. The van der Waals surface area contributed by atoms with Gasteiger partial charge < -0.3 is 24.5 Å². The number of nitrogens with one attached hydrogen (secondary N) is 1. The number of hydrogen-bond donors (Lipinski definition) is 2. The van der Waals surface area contributed by atoms with Crippen LogP contribution in [-0.4, -0.2) is 36.6 Å². The van der Waals surface area contributed by atoms with Crippen LogP contribution in [0.5, 0.6) is 0 Å². The van der Waals surface area contributed by atoms with E-state index in [-0.39, 0.29) is 41.5 Å². The van der Waals surface area contributed by atoms with E-state index in [1.807, 2.05) is 72.8 Å². The monoisotopic (exact) mass is 617 g/mol. The van der Waals surface area contributed by atoms with Gasteiger partial charge in [-0.2, -0.15) is 0 Å². The third-order valence-corrected chi connectivity index (χ3v) is 8.39. The third-order valence-electron chi connectivity index (χ3n) is 7.62. The van der Waals surface area contributed by atoms with Crippen molar-refractivity contribution in [2.75, 3.05) is 0 Å². The highest BCUT2D eigenvalue weighted by Crippen LogP contribution is 2.42. The zero-order valence-electron chi connectivity index (χ0n) is 23.2. The molecule has 2 N–H and O–H groups in total. The van der Waals surface area contributed by atoms with Crippen molar-refractivity contribution in [1.29, 1.82) is 0 Å². The number of aliphatic hydroxyl groups is 1. The van der Waals surface area contributed by atoms with Gasteiger partial charge in [-0.15, -0.1) is 0 Å². The summed E-state index contributed by atoms with van der Waals surface area (Å²) in [6, 6.07) is 22.9. The molecule has 0 unspecified atom stereocenters. The van der Waals surface area contributed by atoms with Gasteiger partial charge in [-0.1, -0.05) is 90.8 Å². The van der Waals surface area contributed by atoms with E-state index in [9.17, 15) is 9.90 Å². The van der Waals surface area contributed by atoms with Crippen molar-refractivity contribution in [2.45, 2.75) is 45.1 Å². The fourth-order valence-electron chi connectivity index (χ4n) is 5.12. The first-order valence-corrected chi connectivity index (χ1v) is 14.6. The molecule has 0 saturated carbocycles. The molecular formula is C32H29Cl2N5O4. The van der Waals surface area contributed by atoms with Gasteiger partial charge in [0, 0.05) is 18.0 Å². The molecule has 0 bridgehead atoms. The predicted octanol–water partition coefficient (Wildman–Crippen LogP) is 6.05. The van der Waals surface area contributed by atoms with Crippen LogP contribution in [0, 0.1) is 5.92 Å². The van der Waals surface area contributed by atoms with Gasteiger partial charge in [-0.25, -0.2) is 9.97 Å². The molecule has 3 aromatic carbocycles. The van der Waals surface area contributed by atoms with Crippen LogP contribution in [0.15, 0.2) is 85.3 Å². The summed E-state index contributed by atoms with van der Waals surface area (Å²) in [4.78, 5) is 25.6. The number of carbonyl (C=O) groups is 1. The average molecular weight is 619 g/mol. The van der Waals surface area contributed by atoms with Crippen LogP contribution in [0.3, 0.4) is 0 Å². The number of benzene rings is 3. The molecule has 1 amide bonds. The first kappa shape index (κ1) is 29.2. The highest BCUT2D eigenvalue weighted by atomic mass is 35.5. The van der Waals surface area contributed by atoms with E-state index in [1.165, 1.54) is 6.20 Å². The number of para-hydroxylation sites is 2. The van der Waals surface area contributed by atoms with Crippen molar-refractivity contribution in [3.05, 3.63) is 124 Å². The van der Waals surface area contributed by atoms with E-state index in [0.29, 0.717) is 23.8 Å². The van der Waals surface area contributed by atoms with E-state index >= 15 is 0 Å². The summed E-state index contributed by atoms with van der Waals surface area (Å²) in [7, 11) is 0. The molecule has 4 atom stereocenters. The molecule has 5 aromatic rings. The van der Waals surface area contributed by atoms with E-state index in [4.69, 9.17) is 32.7 Å².